The minimum Gasteiger partial charge on any atom is -0.444 e. The first-order valence-electron chi connectivity index (χ1n) is 7.54. The fourth-order valence-corrected chi connectivity index (χ4v) is 2.54. The highest BCUT2D eigenvalue weighted by Crippen LogP contribution is 2.28. The number of carbonyl (C=O) groups is 1. The third-order valence-corrected chi connectivity index (χ3v) is 3.58. The summed E-state index contributed by atoms with van der Waals surface area (Å²) < 4.78 is 42.8. The number of nitrogens with zero attached hydrogens (tertiary/aromatic N) is 2. The van der Waals surface area contributed by atoms with Crippen molar-refractivity contribution in [1.82, 2.24) is 9.88 Å². The first kappa shape index (κ1) is 20.6. The van der Waals surface area contributed by atoms with Crippen molar-refractivity contribution in [2.24, 2.45) is 5.92 Å². The first-order chi connectivity index (χ1) is 10.5. The van der Waals surface area contributed by atoms with Crippen LogP contribution < -0.4 is 0 Å². The Labute approximate surface area is 146 Å². The van der Waals surface area contributed by atoms with E-state index in [0.717, 1.165) is 18.1 Å². The van der Waals surface area contributed by atoms with Crippen LogP contribution in [0.15, 0.2) is 18.3 Å². The second-order valence-electron chi connectivity index (χ2n) is 6.83. The molecule has 0 unspecified atom stereocenters. The van der Waals surface area contributed by atoms with Crippen molar-refractivity contribution in [3.63, 3.8) is 0 Å². The SMILES string of the molecule is CC(C)(C)OC(=O)N1CC[C@H](Cc2ccc(C(F)(F)F)nc2)C1.S. The lowest BCUT2D eigenvalue weighted by atomic mass is 10.00. The summed E-state index contributed by atoms with van der Waals surface area (Å²) in [7, 11) is 0. The molecule has 0 bridgehead atoms. The number of ether oxygens (including phenoxy) is 1. The number of carbonyl (C=O) groups excluding carboxylic acids is 1. The molecule has 0 spiro atoms. The number of hydrogen-bond acceptors (Lipinski definition) is 3. The van der Waals surface area contributed by atoms with Crippen molar-refractivity contribution in [3.05, 3.63) is 29.6 Å². The van der Waals surface area contributed by atoms with Gasteiger partial charge in [-0.2, -0.15) is 26.7 Å². The summed E-state index contributed by atoms with van der Waals surface area (Å²) in [5.74, 6) is 0.209. The summed E-state index contributed by atoms with van der Waals surface area (Å²) in [6.07, 6.45) is -2.09. The molecule has 1 fully saturated rings. The molecule has 1 aromatic rings. The van der Waals surface area contributed by atoms with Gasteiger partial charge in [0.25, 0.3) is 0 Å². The van der Waals surface area contributed by atoms with Crippen molar-refractivity contribution in [2.45, 2.75) is 45.4 Å². The van der Waals surface area contributed by atoms with Gasteiger partial charge in [-0.25, -0.2) is 4.79 Å². The summed E-state index contributed by atoms with van der Waals surface area (Å²) >= 11 is 0. The van der Waals surface area contributed by atoms with Crippen molar-refractivity contribution < 1.29 is 22.7 Å². The maximum Gasteiger partial charge on any atom is 0.433 e. The maximum atomic E-state index is 12.5. The van der Waals surface area contributed by atoms with Gasteiger partial charge in [0.15, 0.2) is 0 Å². The Hall–Kier alpha value is -1.44. The third-order valence-electron chi connectivity index (χ3n) is 3.58. The van der Waals surface area contributed by atoms with Crippen LogP contribution in [0.3, 0.4) is 0 Å². The molecule has 136 valence electrons. The molecule has 4 nitrogen and oxygen atoms in total. The largest absolute Gasteiger partial charge is 0.444 e. The van der Waals surface area contributed by atoms with Crippen LogP contribution in [-0.2, 0) is 17.3 Å². The summed E-state index contributed by atoms with van der Waals surface area (Å²) in [5.41, 5.74) is -0.677. The minimum absolute atomic E-state index is 0. The predicted octanol–water partition coefficient (Wildman–Crippen LogP) is 4.01. The molecule has 0 radical (unpaired) electrons. The van der Waals surface area contributed by atoms with Gasteiger partial charge in [-0.3, -0.25) is 4.98 Å². The van der Waals surface area contributed by atoms with Crippen LogP contribution in [0, 0.1) is 5.92 Å². The zero-order valence-electron chi connectivity index (χ0n) is 14.0. The van der Waals surface area contributed by atoms with Crippen molar-refractivity contribution >= 4 is 19.6 Å². The molecule has 1 atom stereocenters. The summed E-state index contributed by atoms with van der Waals surface area (Å²) in [6.45, 7) is 6.59. The van der Waals surface area contributed by atoms with Crippen molar-refractivity contribution in [2.75, 3.05) is 13.1 Å². The number of pyridine rings is 1. The molecule has 24 heavy (non-hydrogen) atoms. The molecule has 8 heteroatoms. The van der Waals surface area contributed by atoms with E-state index in [1.165, 1.54) is 12.3 Å². The number of alkyl halides is 3. The first-order valence-corrected chi connectivity index (χ1v) is 7.54. The Bertz CT molecular complexity index is 556. The zero-order chi connectivity index (χ0) is 17.3. The fourth-order valence-electron chi connectivity index (χ4n) is 2.54. The Morgan fingerprint density at radius 1 is 1.33 bits per heavy atom. The highest BCUT2D eigenvalue weighted by atomic mass is 32.1. The lowest BCUT2D eigenvalue weighted by Crippen LogP contribution is -2.35. The molecule has 2 rings (SSSR count). The molecular weight excluding hydrogens is 341 g/mol. The maximum absolute atomic E-state index is 12.5. The van der Waals surface area contributed by atoms with Gasteiger partial charge in [0.1, 0.15) is 11.3 Å². The number of amides is 1. The molecule has 1 aromatic heterocycles. The Morgan fingerprint density at radius 2 is 2.00 bits per heavy atom. The van der Waals surface area contributed by atoms with Gasteiger partial charge in [-0.15, -0.1) is 0 Å². The topological polar surface area (TPSA) is 42.4 Å². The molecule has 1 aliphatic rings. The molecular formula is C16H23F3N2O2S. The normalized spacial score (nSPS) is 18.2. The van der Waals surface area contributed by atoms with E-state index in [4.69, 9.17) is 4.74 Å². The monoisotopic (exact) mass is 364 g/mol. The molecule has 0 N–H and O–H groups in total. The minimum atomic E-state index is -4.42. The summed E-state index contributed by atoms with van der Waals surface area (Å²) in [6, 6.07) is 2.45. The van der Waals surface area contributed by atoms with Crippen LogP contribution in [0.2, 0.25) is 0 Å². The van der Waals surface area contributed by atoms with Crippen molar-refractivity contribution in [3.8, 4) is 0 Å². The number of likely N-dealkylation sites (tertiary alicyclic amines) is 1. The van der Waals surface area contributed by atoms with Crippen LogP contribution >= 0.6 is 13.5 Å². The molecule has 1 amide bonds. The van der Waals surface area contributed by atoms with E-state index in [2.05, 4.69) is 4.98 Å². The van der Waals surface area contributed by atoms with E-state index in [1.54, 1.807) is 4.90 Å². The van der Waals surface area contributed by atoms with Crippen LogP contribution in [0.1, 0.15) is 38.4 Å². The van der Waals surface area contributed by atoms with Gasteiger partial charge in [0.2, 0.25) is 0 Å². The summed E-state index contributed by atoms with van der Waals surface area (Å²) in [4.78, 5) is 17.1. The Morgan fingerprint density at radius 3 is 2.50 bits per heavy atom. The quantitative estimate of drug-likeness (QED) is 0.796. The number of hydrogen-bond donors (Lipinski definition) is 0. The average molecular weight is 364 g/mol. The van der Waals surface area contributed by atoms with E-state index in [0.29, 0.717) is 19.5 Å². The van der Waals surface area contributed by atoms with Gasteiger partial charge in [-0.05, 0) is 51.2 Å². The fraction of sp³-hybridized carbons (Fsp3) is 0.625. The van der Waals surface area contributed by atoms with E-state index in [9.17, 15) is 18.0 Å². The highest BCUT2D eigenvalue weighted by molar-refractivity contribution is 7.59. The number of rotatable bonds is 2. The number of halogens is 3. The van der Waals surface area contributed by atoms with Crippen LogP contribution in [-0.4, -0.2) is 34.7 Å². The van der Waals surface area contributed by atoms with Crippen molar-refractivity contribution in [1.29, 1.82) is 0 Å². The standard InChI is InChI=1S/C16H21F3N2O2.H2S/c1-15(2,3)23-14(22)21-7-6-12(10-21)8-11-4-5-13(20-9-11)16(17,18)19;/h4-5,9,12H,6-8,10H2,1-3H3;1H2/t12-;/m1./s1. The molecule has 2 heterocycles. The molecule has 1 aliphatic heterocycles. The van der Waals surface area contributed by atoms with Gasteiger partial charge < -0.3 is 9.64 Å². The smallest absolute Gasteiger partial charge is 0.433 e. The lowest BCUT2D eigenvalue weighted by molar-refractivity contribution is -0.141. The van der Waals surface area contributed by atoms with E-state index in [-0.39, 0.29) is 25.5 Å². The molecule has 0 saturated carbocycles. The predicted molar refractivity (Wildman–Crippen MR) is 89.2 cm³/mol. The van der Waals surface area contributed by atoms with Crippen LogP contribution in [0.25, 0.3) is 0 Å². The second kappa shape index (κ2) is 7.63. The van der Waals surface area contributed by atoms with E-state index in [1.807, 2.05) is 20.8 Å². The Balaban J connectivity index is 0.00000288. The van der Waals surface area contributed by atoms with E-state index >= 15 is 0 Å². The van der Waals surface area contributed by atoms with E-state index < -0.39 is 17.5 Å². The second-order valence-corrected chi connectivity index (χ2v) is 6.83. The molecule has 0 aromatic carbocycles. The van der Waals surface area contributed by atoms with Gasteiger partial charge in [-0.1, -0.05) is 6.07 Å². The van der Waals surface area contributed by atoms with Gasteiger partial charge in [0, 0.05) is 19.3 Å². The van der Waals surface area contributed by atoms with Gasteiger partial charge >= 0.3 is 12.3 Å². The zero-order valence-corrected chi connectivity index (χ0v) is 15.0. The van der Waals surface area contributed by atoms with Crippen LogP contribution in [0.4, 0.5) is 18.0 Å². The van der Waals surface area contributed by atoms with Crippen LogP contribution in [0.5, 0.6) is 0 Å². The Kier molecular flexibility index (Phi) is 6.55. The summed E-state index contributed by atoms with van der Waals surface area (Å²) in [5, 5.41) is 0. The number of aromatic nitrogens is 1. The molecule has 1 saturated heterocycles. The average Bonchev–Trinajstić information content (AvgIpc) is 2.85. The molecule has 0 aliphatic carbocycles. The third kappa shape index (κ3) is 5.89. The van der Waals surface area contributed by atoms with Gasteiger partial charge in [0.05, 0.1) is 0 Å². The lowest BCUT2D eigenvalue weighted by Gasteiger charge is -2.24. The highest BCUT2D eigenvalue weighted by Gasteiger charge is 2.33.